The normalized spacial score (nSPS) is 13.0. The number of rotatable bonds is 8. The molecule has 1 aliphatic rings. The Morgan fingerprint density at radius 2 is 2.12 bits per heavy atom. The number of pyridine rings is 2. The highest BCUT2D eigenvalue weighted by atomic mass is 16.3. The molecule has 0 unspecified atom stereocenters. The van der Waals surface area contributed by atoms with Gasteiger partial charge in [0.1, 0.15) is 12.1 Å². The van der Waals surface area contributed by atoms with Gasteiger partial charge in [0.25, 0.3) is 11.8 Å². The number of carbonyl (C=O) groups is 2. The lowest BCUT2D eigenvalue weighted by Gasteiger charge is -2.04. The van der Waals surface area contributed by atoms with Crippen LogP contribution in [0.3, 0.4) is 0 Å². The highest BCUT2D eigenvalue weighted by molar-refractivity contribution is 6.07. The van der Waals surface area contributed by atoms with E-state index < -0.39 is 11.8 Å². The fourth-order valence-electron chi connectivity index (χ4n) is 3.20. The summed E-state index contributed by atoms with van der Waals surface area (Å²) < 4.78 is 6.91. The Bertz CT molecular complexity index is 1310. The van der Waals surface area contributed by atoms with Gasteiger partial charge in [-0.15, -0.1) is 0 Å². The molecule has 1 aliphatic carbocycles. The minimum atomic E-state index is -0.781. The largest absolute Gasteiger partial charge is 0.444 e. The average Bonchev–Trinajstić information content (AvgIpc) is 3.35. The smallest absolute Gasteiger partial charge is 0.277 e. The van der Waals surface area contributed by atoms with Crippen LogP contribution in [0.1, 0.15) is 33.8 Å². The summed E-state index contributed by atoms with van der Waals surface area (Å²) in [5.74, 6) is 0.354. The van der Waals surface area contributed by atoms with Gasteiger partial charge in [0.15, 0.2) is 11.4 Å². The van der Waals surface area contributed by atoms with Crippen LogP contribution in [0.2, 0.25) is 0 Å². The fourth-order valence-corrected chi connectivity index (χ4v) is 3.20. The Hall–Kier alpha value is -4.54. The Morgan fingerprint density at radius 3 is 2.88 bits per heavy atom. The van der Waals surface area contributed by atoms with Gasteiger partial charge >= 0.3 is 0 Å². The molecule has 0 bridgehead atoms. The van der Waals surface area contributed by atoms with Crippen molar-refractivity contribution >= 4 is 23.3 Å². The molecule has 11 nitrogen and oxygen atoms in total. The first kappa shape index (κ1) is 20.4. The zero-order valence-electron chi connectivity index (χ0n) is 17.4. The molecule has 4 aromatic heterocycles. The van der Waals surface area contributed by atoms with Gasteiger partial charge in [-0.3, -0.25) is 14.6 Å². The maximum absolute atomic E-state index is 12.8. The maximum atomic E-state index is 12.8. The second kappa shape index (κ2) is 8.54. The Kier molecular flexibility index (Phi) is 5.27. The zero-order chi connectivity index (χ0) is 22.8. The molecule has 0 aliphatic heterocycles. The number of oxazole rings is 1. The van der Waals surface area contributed by atoms with Gasteiger partial charge in [0, 0.05) is 24.5 Å². The van der Waals surface area contributed by atoms with Crippen LogP contribution in [0.4, 0.5) is 11.5 Å². The minimum absolute atomic E-state index is 0.0406. The highest BCUT2D eigenvalue weighted by Gasteiger charge is 2.22. The molecule has 2 amide bonds. The van der Waals surface area contributed by atoms with Crippen molar-refractivity contribution < 1.29 is 14.0 Å². The van der Waals surface area contributed by atoms with Crippen molar-refractivity contribution in [1.29, 1.82) is 0 Å². The molecule has 0 radical (unpaired) electrons. The van der Waals surface area contributed by atoms with E-state index in [4.69, 9.17) is 10.2 Å². The van der Waals surface area contributed by atoms with Gasteiger partial charge in [-0.25, -0.2) is 14.6 Å². The van der Waals surface area contributed by atoms with Gasteiger partial charge in [-0.2, -0.15) is 5.10 Å². The first-order valence-corrected chi connectivity index (χ1v) is 10.3. The molecule has 4 N–H and O–H groups in total. The average molecular weight is 444 g/mol. The summed E-state index contributed by atoms with van der Waals surface area (Å²) >= 11 is 0. The molecule has 4 heterocycles. The monoisotopic (exact) mass is 444 g/mol. The second-order valence-corrected chi connectivity index (χ2v) is 7.66. The lowest BCUT2D eigenvalue weighted by atomic mass is 10.2. The second-order valence-electron chi connectivity index (χ2n) is 7.66. The third kappa shape index (κ3) is 4.56. The van der Waals surface area contributed by atoms with E-state index in [1.54, 1.807) is 36.8 Å². The summed E-state index contributed by atoms with van der Waals surface area (Å²) in [7, 11) is 0. The predicted octanol–water partition coefficient (Wildman–Crippen LogP) is 2.49. The first-order valence-electron chi connectivity index (χ1n) is 10.3. The fraction of sp³-hybridized carbons (Fsp3) is 0.182. The van der Waals surface area contributed by atoms with E-state index in [0.29, 0.717) is 17.2 Å². The summed E-state index contributed by atoms with van der Waals surface area (Å²) in [6.07, 6.45) is 10.0. The van der Waals surface area contributed by atoms with Crippen LogP contribution in [0.5, 0.6) is 0 Å². The van der Waals surface area contributed by atoms with Crippen LogP contribution in [0.15, 0.2) is 59.7 Å². The van der Waals surface area contributed by atoms with Gasteiger partial charge in [0.05, 0.1) is 23.8 Å². The molecule has 1 saturated carbocycles. The van der Waals surface area contributed by atoms with Gasteiger partial charge in [0.2, 0.25) is 5.89 Å². The number of carbonyl (C=O) groups excluding carboxylic acids is 2. The lowest BCUT2D eigenvalue weighted by molar-refractivity contribution is 0.0996. The number of nitrogens with one attached hydrogen (secondary N) is 2. The minimum Gasteiger partial charge on any atom is -0.444 e. The van der Waals surface area contributed by atoms with E-state index >= 15 is 0 Å². The number of amides is 2. The van der Waals surface area contributed by atoms with Crippen LogP contribution in [-0.4, -0.2) is 43.1 Å². The molecule has 0 saturated heterocycles. The predicted molar refractivity (Wildman–Crippen MR) is 119 cm³/mol. The molecule has 1 fully saturated rings. The van der Waals surface area contributed by atoms with Crippen molar-refractivity contribution in [3.05, 3.63) is 66.7 Å². The van der Waals surface area contributed by atoms with E-state index in [1.165, 1.54) is 30.0 Å². The number of primary amides is 1. The quantitative estimate of drug-likeness (QED) is 0.374. The van der Waals surface area contributed by atoms with E-state index in [9.17, 15) is 9.59 Å². The number of nitrogens with zero attached hydrogens (tertiary/aromatic N) is 5. The van der Waals surface area contributed by atoms with E-state index in [2.05, 4.69) is 30.7 Å². The number of anilines is 2. The Balaban J connectivity index is 1.34. The topological polar surface area (TPSA) is 154 Å². The van der Waals surface area contributed by atoms with Crippen LogP contribution in [0.25, 0.3) is 17.1 Å². The molecule has 4 aromatic rings. The Morgan fingerprint density at radius 1 is 1.24 bits per heavy atom. The van der Waals surface area contributed by atoms with Crippen LogP contribution >= 0.6 is 0 Å². The first-order chi connectivity index (χ1) is 16.1. The Labute approximate surface area is 188 Å². The summed E-state index contributed by atoms with van der Waals surface area (Å²) in [5.41, 5.74) is 6.83. The van der Waals surface area contributed by atoms with Gasteiger partial charge in [-0.1, -0.05) is 0 Å². The molecule has 33 heavy (non-hydrogen) atoms. The van der Waals surface area contributed by atoms with Crippen molar-refractivity contribution in [3.8, 4) is 17.1 Å². The van der Waals surface area contributed by atoms with Crippen LogP contribution < -0.4 is 16.4 Å². The lowest BCUT2D eigenvalue weighted by Crippen LogP contribution is -2.18. The van der Waals surface area contributed by atoms with Crippen LogP contribution in [-0.2, 0) is 0 Å². The molecule has 166 valence electrons. The van der Waals surface area contributed by atoms with E-state index in [-0.39, 0.29) is 23.0 Å². The molecule has 5 rings (SSSR count). The van der Waals surface area contributed by atoms with E-state index in [0.717, 1.165) is 12.4 Å². The number of nitrogens with two attached hydrogens (primary N) is 1. The van der Waals surface area contributed by atoms with Crippen molar-refractivity contribution in [2.75, 3.05) is 17.2 Å². The van der Waals surface area contributed by atoms with Crippen molar-refractivity contribution in [3.63, 3.8) is 0 Å². The maximum Gasteiger partial charge on any atom is 0.277 e. The molecule has 0 spiro atoms. The number of hydrogen-bond acceptors (Lipinski definition) is 8. The summed E-state index contributed by atoms with van der Waals surface area (Å²) in [4.78, 5) is 37.2. The number of hydrogen-bond donors (Lipinski definition) is 3. The van der Waals surface area contributed by atoms with Crippen molar-refractivity contribution in [2.45, 2.75) is 12.8 Å². The summed E-state index contributed by atoms with van der Waals surface area (Å²) in [6, 6.07) is 7.04. The molecule has 0 atom stereocenters. The molecule has 0 aromatic carbocycles. The SMILES string of the molecule is NC(=O)c1nn(-c2cccnc2)cc1NC(=O)c1coc(-c2ccnc(NCC3CC3)c2)n1. The standard InChI is InChI=1S/C22H20N8O3/c23-20(31)19-16(11-30(29-19)15-2-1-6-24-10-15)27-21(32)17-12-33-22(28-17)14-5-7-25-18(8-14)26-9-13-3-4-13/h1-2,5-8,10-13H,3-4,9H2,(H2,23,31)(H,25,26)(H,27,32). The summed E-state index contributed by atoms with van der Waals surface area (Å²) in [6.45, 7) is 0.880. The summed E-state index contributed by atoms with van der Waals surface area (Å²) in [5, 5.41) is 10.1. The van der Waals surface area contributed by atoms with Crippen molar-refractivity contribution in [1.82, 2.24) is 24.7 Å². The van der Waals surface area contributed by atoms with Gasteiger partial charge in [-0.05, 0) is 43.0 Å². The van der Waals surface area contributed by atoms with E-state index in [1.807, 2.05) is 6.07 Å². The third-order valence-electron chi connectivity index (χ3n) is 5.12. The molecule has 11 heteroatoms. The van der Waals surface area contributed by atoms with Crippen LogP contribution in [0, 0.1) is 5.92 Å². The molecular formula is C22H20N8O3. The highest BCUT2D eigenvalue weighted by Crippen LogP contribution is 2.29. The number of aromatic nitrogens is 5. The van der Waals surface area contributed by atoms with Crippen molar-refractivity contribution in [2.24, 2.45) is 11.7 Å². The van der Waals surface area contributed by atoms with Gasteiger partial charge < -0.3 is 20.8 Å². The zero-order valence-corrected chi connectivity index (χ0v) is 17.4. The molecular weight excluding hydrogens is 424 g/mol. The third-order valence-corrected chi connectivity index (χ3v) is 5.12.